The molecule has 0 spiro atoms. The topological polar surface area (TPSA) is 26.3 Å². The molecule has 0 unspecified atom stereocenters. The van der Waals surface area contributed by atoms with Crippen molar-refractivity contribution in [2.45, 2.75) is 71.1 Å². The van der Waals surface area contributed by atoms with Crippen LogP contribution in [-0.4, -0.2) is 12.6 Å². The van der Waals surface area contributed by atoms with Gasteiger partial charge in [-0.3, -0.25) is 4.79 Å². The highest BCUT2D eigenvalue weighted by atomic mass is 16.5. The molecule has 0 aromatic heterocycles. The van der Waals surface area contributed by atoms with Crippen LogP contribution in [0.3, 0.4) is 0 Å². The van der Waals surface area contributed by atoms with Crippen LogP contribution in [0, 0.1) is 0 Å². The Hall–Kier alpha value is -1.05. The molecule has 0 saturated heterocycles. The molecule has 19 heavy (non-hydrogen) atoms. The van der Waals surface area contributed by atoms with Crippen molar-refractivity contribution < 1.29 is 9.53 Å². The molecule has 0 aliphatic rings. The number of allylic oxidation sites excluding steroid dienone is 2. The number of rotatable bonds is 13. The molecule has 0 saturated carbocycles. The Bertz CT molecular complexity index is 244. The van der Waals surface area contributed by atoms with Crippen LogP contribution in [0.4, 0.5) is 0 Å². The van der Waals surface area contributed by atoms with E-state index in [0.717, 1.165) is 32.1 Å². The second-order valence-electron chi connectivity index (χ2n) is 4.84. The number of hydrogen-bond donors (Lipinski definition) is 0. The normalized spacial score (nSPS) is 10.8. The number of carbonyl (C=O) groups excluding carboxylic acids is 1. The summed E-state index contributed by atoms with van der Waals surface area (Å²) in [6.07, 6.45) is 16.8. The summed E-state index contributed by atoms with van der Waals surface area (Å²) in [4.78, 5) is 11.4. The smallest absolute Gasteiger partial charge is 0.305 e. The fraction of sp³-hybridized carbons (Fsp3) is 0.706. The van der Waals surface area contributed by atoms with Gasteiger partial charge in [0.05, 0.1) is 6.61 Å². The van der Waals surface area contributed by atoms with Gasteiger partial charge in [0.15, 0.2) is 0 Å². The highest BCUT2D eigenvalue weighted by Gasteiger charge is 2.01. The fourth-order valence-corrected chi connectivity index (χ4v) is 1.86. The van der Waals surface area contributed by atoms with E-state index in [1.165, 1.54) is 25.7 Å². The molecule has 0 atom stereocenters. The molecule has 0 aliphatic heterocycles. The van der Waals surface area contributed by atoms with Gasteiger partial charge in [0.2, 0.25) is 0 Å². The van der Waals surface area contributed by atoms with Gasteiger partial charge >= 0.3 is 5.97 Å². The molecule has 0 rings (SSSR count). The summed E-state index contributed by atoms with van der Waals surface area (Å²) in [6, 6.07) is 0. The highest BCUT2D eigenvalue weighted by molar-refractivity contribution is 5.69. The van der Waals surface area contributed by atoms with Crippen molar-refractivity contribution in [3.8, 4) is 0 Å². The first-order chi connectivity index (χ1) is 9.31. The van der Waals surface area contributed by atoms with Crippen LogP contribution in [-0.2, 0) is 9.53 Å². The van der Waals surface area contributed by atoms with E-state index in [2.05, 4.69) is 25.7 Å². The molecule has 2 nitrogen and oxygen atoms in total. The zero-order valence-electron chi connectivity index (χ0n) is 12.5. The molecule has 2 heteroatoms. The van der Waals surface area contributed by atoms with Gasteiger partial charge in [0.25, 0.3) is 0 Å². The highest BCUT2D eigenvalue weighted by Crippen LogP contribution is 2.09. The van der Waals surface area contributed by atoms with Gasteiger partial charge < -0.3 is 4.74 Å². The number of carbonyl (C=O) groups is 1. The van der Waals surface area contributed by atoms with Crippen molar-refractivity contribution in [3.05, 3.63) is 24.8 Å². The minimum atomic E-state index is -0.0449. The summed E-state index contributed by atoms with van der Waals surface area (Å²) in [5.41, 5.74) is 0. The van der Waals surface area contributed by atoms with Gasteiger partial charge in [0, 0.05) is 6.42 Å². The maximum atomic E-state index is 11.4. The van der Waals surface area contributed by atoms with E-state index < -0.39 is 0 Å². The van der Waals surface area contributed by atoms with E-state index in [-0.39, 0.29) is 5.97 Å². The third-order valence-electron chi connectivity index (χ3n) is 2.99. The number of ether oxygens (including phenoxy) is 1. The lowest BCUT2D eigenvalue weighted by Crippen LogP contribution is -2.04. The van der Waals surface area contributed by atoms with Crippen LogP contribution in [0.25, 0.3) is 0 Å². The minimum absolute atomic E-state index is 0.0449. The third-order valence-corrected chi connectivity index (χ3v) is 2.99. The summed E-state index contributed by atoms with van der Waals surface area (Å²) >= 11 is 0. The molecule has 0 aromatic rings. The first-order valence-corrected chi connectivity index (χ1v) is 7.72. The van der Waals surface area contributed by atoms with E-state index in [1.807, 2.05) is 6.08 Å². The van der Waals surface area contributed by atoms with Crippen LogP contribution < -0.4 is 0 Å². The molecule has 0 N–H and O–H groups in total. The lowest BCUT2D eigenvalue weighted by Gasteiger charge is -2.03. The van der Waals surface area contributed by atoms with E-state index >= 15 is 0 Å². The molecule has 0 aliphatic carbocycles. The van der Waals surface area contributed by atoms with E-state index in [0.29, 0.717) is 13.0 Å². The number of unbranched alkanes of at least 4 members (excludes halogenated alkanes) is 6. The zero-order valence-corrected chi connectivity index (χ0v) is 12.5. The van der Waals surface area contributed by atoms with Gasteiger partial charge in [-0.25, -0.2) is 0 Å². The van der Waals surface area contributed by atoms with Crippen LogP contribution in [0.1, 0.15) is 71.1 Å². The molecular weight excluding hydrogens is 236 g/mol. The predicted octanol–water partition coefficient (Wildman–Crippen LogP) is 5.19. The maximum Gasteiger partial charge on any atom is 0.305 e. The van der Waals surface area contributed by atoms with E-state index in [4.69, 9.17) is 4.74 Å². The predicted molar refractivity (Wildman–Crippen MR) is 82.1 cm³/mol. The number of esters is 1. The average Bonchev–Trinajstić information content (AvgIpc) is 2.41. The monoisotopic (exact) mass is 266 g/mol. The Kier molecular flexibility index (Phi) is 14.2. The standard InChI is InChI=1S/C17H30O2/c1-3-5-7-9-10-11-12-13-15-17(18)19-16-14-8-6-4-2/h3,6,8H,1,4-5,7,9-16H2,2H3. The van der Waals surface area contributed by atoms with Gasteiger partial charge in [-0.2, -0.15) is 0 Å². The molecule has 0 radical (unpaired) electrons. The summed E-state index contributed by atoms with van der Waals surface area (Å²) in [5, 5.41) is 0. The second kappa shape index (κ2) is 15.0. The van der Waals surface area contributed by atoms with Crippen molar-refractivity contribution in [1.29, 1.82) is 0 Å². The fourth-order valence-electron chi connectivity index (χ4n) is 1.86. The summed E-state index contributed by atoms with van der Waals surface area (Å²) in [5.74, 6) is -0.0449. The molecule has 0 heterocycles. The lowest BCUT2D eigenvalue weighted by atomic mass is 10.1. The van der Waals surface area contributed by atoms with Crippen LogP contribution in [0.15, 0.2) is 24.8 Å². The lowest BCUT2D eigenvalue weighted by molar-refractivity contribution is -0.143. The Labute approximate surface area is 118 Å². The van der Waals surface area contributed by atoms with Crippen molar-refractivity contribution in [3.63, 3.8) is 0 Å². The van der Waals surface area contributed by atoms with Gasteiger partial charge in [-0.15, -0.1) is 6.58 Å². The van der Waals surface area contributed by atoms with Crippen molar-refractivity contribution in [2.24, 2.45) is 0 Å². The molecule has 0 bridgehead atoms. The Morgan fingerprint density at radius 2 is 1.68 bits per heavy atom. The SMILES string of the molecule is C=CCCCCCCCCC(=O)OCCC=CCC. The largest absolute Gasteiger partial charge is 0.465 e. The van der Waals surface area contributed by atoms with Crippen LogP contribution in [0.5, 0.6) is 0 Å². The average molecular weight is 266 g/mol. The quantitative estimate of drug-likeness (QED) is 0.260. The van der Waals surface area contributed by atoms with Crippen molar-refractivity contribution in [2.75, 3.05) is 6.61 Å². The number of hydrogen-bond acceptors (Lipinski definition) is 2. The first kappa shape index (κ1) is 17.9. The summed E-state index contributed by atoms with van der Waals surface area (Å²) in [7, 11) is 0. The minimum Gasteiger partial charge on any atom is -0.465 e. The Morgan fingerprint density at radius 3 is 2.37 bits per heavy atom. The summed E-state index contributed by atoms with van der Waals surface area (Å²) < 4.78 is 5.15. The van der Waals surface area contributed by atoms with E-state index in [1.54, 1.807) is 0 Å². The first-order valence-electron chi connectivity index (χ1n) is 7.72. The maximum absolute atomic E-state index is 11.4. The van der Waals surface area contributed by atoms with Crippen molar-refractivity contribution in [1.82, 2.24) is 0 Å². The van der Waals surface area contributed by atoms with Crippen molar-refractivity contribution >= 4 is 5.97 Å². The van der Waals surface area contributed by atoms with E-state index in [9.17, 15) is 4.79 Å². The van der Waals surface area contributed by atoms with Gasteiger partial charge in [0.1, 0.15) is 0 Å². The second-order valence-corrected chi connectivity index (χ2v) is 4.84. The van der Waals surface area contributed by atoms with Gasteiger partial charge in [-0.1, -0.05) is 50.8 Å². The van der Waals surface area contributed by atoms with Crippen LogP contribution in [0.2, 0.25) is 0 Å². The Balaban J connectivity index is 3.20. The molecule has 0 amide bonds. The Morgan fingerprint density at radius 1 is 1.00 bits per heavy atom. The summed E-state index contributed by atoms with van der Waals surface area (Å²) in [6.45, 7) is 6.33. The third kappa shape index (κ3) is 14.9. The molecule has 0 fully saturated rings. The zero-order chi connectivity index (χ0) is 14.2. The van der Waals surface area contributed by atoms with Crippen LogP contribution >= 0.6 is 0 Å². The molecule has 0 aromatic carbocycles. The molecular formula is C17H30O2. The molecule has 110 valence electrons. The van der Waals surface area contributed by atoms with Gasteiger partial charge in [-0.05, 0) is 32.1 Å².